The van der Waals surface area contributed by atoms with Gasteiger partial charge in [-0.25, -0.2) is 9.78 Å². The zero-order chi connectivity index (χ0) is 17.5. The fraction of sp³-hybridized carbons (Fsp3) is 0.471. The molecule has 24 heavy (non-hydrogen) atoms. The molecular formula is C17H22N2O4S. The van der Waals surface area contributed by atoms with E-state index in [0.29, 0.717) is 24.8 Å². The van der Waals surface area contributed by atoms with E-state index in [4.69, 9.17) is 4.42 Å². The summed E-state index contributed by atoms with van der Waals surface area (Å²) < 4.78 is 9.92. The van der Waals surface area contributed by atoms with Crippen LogP contribution < -0.4 is 0 Å². The maximum Gasteiger partial charge on any atom is 0.360 e. The molecule has 0 saturated carbocycles. The van der Waals surface area contributed by atoms with Gasteiger partial charge < -0.3 is 14.1 Å². The van der Waals surface area contributed by atoms with E-state index in [0.717, 1.165) is 11.3 Å². The summed E-state index contributed by atoms with van der Waals surface area (Å²) in [5.41, 5.74) is 0.113. The summed E-state index contributed by atoms with van der Waals surface area (Å²) in [7, 11) is 1.29. The summed E-state index contributed by atoms with van der Waals surface area (Å²) in [6.07, 6.45) is 2.51. The highest BCUT2D eigenvalue weighted by atomic mass is 32.1. The van der Waals surface area contributed by atoms with Gasteiger partial charge in [-0.2, -0.15) is 0 Å². The van der Waals surface area contributed by atoms with E-state index >= 15 is 0 Å². The number of hydrogen-bond donors (Lipinski definition) is 0. The van der Waals surface area contributed by atoms with Crippen molar-refractivity contribution in [1.82, 2.24) is 9.88 Å². The van der Waals surface area contributed by atoms with Gasteiger partial charge in [-0.3, -0.25) is 4.79 Å². The third-order valence-corrected chi connectivity index (χ3v) is 4.38. The van der Waals surface area contributed by atoms with E-state index < -0.39 is 5.97 Å². The summed E-state index contributed by atoms with van der Waals surface area (Å²) in [5, 5.41) is 1.96. The minimum atomic E-state index is -0.552. The number of hydrogen-bond acceptors (Lipinski definition) is 6. The Labute approximate surface area is 145 Å². The van der Waals surface area contributed by atoms with Gasteiger partial charge in [-0.15, -0.1) is 11.3 Å². The number of thiophene rings is 1. The monoisotopic (exact) mass is 350 g/mol. The van der Waals surface area contributed by atoms with E-state index in [2.05, 4.69) is 23.6 Å². The molecule has 6 nitrogen and oxygen atoms in total. The number of nitrogens with zero attached hydrogens (tertiary/aromatic N) is 2. The van der Waals surface area contributed by atoms with E-state index in [1.54, 1.807) is 16.2 Å². The third kappa shape index (κ3) is 5.19. The Balaban J connectivity index is 2.05. The lowest BCUT2D eigenvalue weighted by molar-refractivity contribution is -0.131. The minimum Gasteiger partial charge on any atom is -0.464 e. The van der Waals surface area contributed by atoms with E-state index in [9.17, 15) is 9.59 Å². The van der Waals surface area contributed by atoms with Crippen LogP contribution in [0.1, 0.15) is 41.5 Å². The second-order valence-electron chi connectivity index (χ2n) is 5.87. The summed E-state index contributed by atoms with van der Waals surface area (Å²) in [6.45, 7) is 5.09. The fourth-order valence-corrected chi connectivity index (χ4v) is 2.82. The largest absolute Gasteiger partial charge is 0.464 e. The number of carbonyl (C=O) groups is 2. The first-order valence-electron chi connectivity index (χ1n) is 7.82. The fourth-order valence-electron chi connectivity index (χ4n) is 2.13. The molecule has 0 bridgehead atoms. The quantitative estimate of drug-likeness (QED) is 0.684. The maximum absolute atomic E-state index is 12.6. The van der Waals surface area contributed by atoms with Gasteiger partial charge in [0.2, 0.25) is 11.8 Å². The van der Waals surface area contributed by atoms with Gasteiger partial charge in [0.1, 0.15) is 6.26 Å². The molecule has 2 aromatic rings. The maximum atomic E-state index is 12.6. The van der Waals surface area contributed by atoms with Gasteiger partial charge in [-0.1, -0.05) is 19.9 Å². The van der Waals surface area contributed by atoms with E-state index in [1.165, 1.54) is 13.4 Å². The van der Waals surface area contributed by atoms with Crippen LogP contribution in [0.5, 0.6) is 0 Å². The Hall–Kier alpha value is -2.15. The predicted molar refractivity (Wildman–Crippen MR) is 90.7 cm³/mol. The first kappa shape index (κ1) is 18.2. The molecule has 0 aliphatic carbocycles. The third-order valence-electron chi connectivity index (χ3n) is 3.51. The molecule has 0 radical (unpaired) electrons. The molecule has 7 heteroatoms. The standard InChI is InChI=1S/C17H22N2O4S/c1-12(2)6-7-19(16(20)9-13-5-4-8-24-13)10-15-18-14(11-23-15)17(21)22-3/h4-5,8,11-12H,6-7,9-10H2,1-3H3. The van der Waals surface area contributed by atoms with Crippen LogP contribution >= 0.6 is 11.3 Å². The summed E-state index contributed by atoms with van der Waals surface area (Å²) in [5.74, 6) is 0.287. The van der Waals surface area contributed by atoms with Crippen molar-refractivity contribution in [2.75, 3.05) is 13.7 Å². The molecule has 0 N–H and O–H groups in total. The van der Waals surface area contributed by atoms with Crippen LogP contribution in [0.25, 0.3) is 0 Å². The normalized spacial score (nSPS) is 10.8. The van der Waals surface area contributed by atoms with Crippen molar-refractivity contribution < 1.29 is 18.7 Å². The van der Waals surface area contributed by atoms with Crippen molar-refractivity contribution >= 4 is 23.2 Å². The number of esters is 1. The number of oxazole rings is 1. The molecular weight excluding hydrogens is 328 g/mol. The second kappa shape index (κ2) is 8.63. The highest BCUT2D eigenvalue weighted by Crippen LogP contribution is 2.14. The average Bonchev–Trinajstić information content (AvgIpc) is 3.22. The number of amides is 1. The van der Waals surface area contributed by atoms with Crippen LogP contribution in [0.4, 0.5) is 0 Å². The zero-order valence-corrected chi connectivity index (χ0v) is 15.0. The molecule has 0 spiro atoms. The van der Waals surface area contributed by atoms with Crippen LogP contribution in [0.2, 0.25) is 0 Å². The van der Waals surface area contributed by atoms with Gasteiger partial charge >= 0.3 is 5.97 Å². The van der Waals surface area contributed by atoms with Crippen molar-refractivity contribution in [2.45, 2.75) is 33.2 Å². The highest BCUT2D eigenvalue weighted by Gasteiger charge is 2.19. The molecule has 130 valence electrons. The lowest BCUT2D eigenvalue weighted by atomic mass is 10.1. The van der Waals surface area contributed by atoms with Crippen molar-refractivity contribution in [3.8, 4) is 0 Å². The molecule has 0 saturated heterocycles. The first-order chi connectivity index (χ1) is 11.5. The van der Waals surface area contributed by atoms with Crippen LogP contribution in [0, 0.1) is 5.92 Å². The Kier molecular flexibility index (Phi) is 6.54. The van der Waals surface area contributed by atoms with Gasteiger partial charge in [-0.05, 0) is 23.8 Å². The molecule has 0 aromatic carbocycles. The Morgan fingerprint density at radius 2 is 2.21 bits per heavy atom. The van der Waals surface area contributed by atoms with Crippen LogP contribution in [-0.4, -0.2) is 35.4 Å². The molecule has 2 heterocycles. The van der Waals surface area contributed by atoms with Crippen LogP contribution in [-0.2, 0) is 22.5 Å². The molecule has 1 amide bonds. The Bertz CT molecular complexity index is 664. The molecule has 2 rings (SSSR count). The number of methoxy groups -OCH3 is 1. The molecule has 0 aliphatic rings. The van der Waals surface area contributed by atoms with Gasteiger partial charge in [0.05, 0.1) is 20.1 Å². The Morgan fingerprint density at radius 1 is 1.42 bits per heavy atom. The molecule has 0 atom stereocenters. The lowest BCUT2D eigenvalue weighted by Crippen LogP contribution is -2.33. The SMILES string of the molecule is COC(=O)c1coc(CN(CCC(C)C)C(=O)Cc2cccs2)n1. The molecule has 0 unspecified atom stereocenters. The smallest absolute Gasteiger partial charge is 0.360 e. The number of rotatable bonds is 8. The molecule has 0 fully saturated rings. The van der Waals surface area contributed by atoms with Crippen molar-refractivity contribution in [1.29, 1.82) is 0 Å². The topological polar surface area (TPSA) is 72.6 Å². The van der Waals surface area contributed by atoms with Crippen LogP contribution in [0.3, 0.4) is 0 Å². The zero-order valence-electron chi connectivity index (χ0n) is 14.2. The first-order valence-corrected chi connectivity index (χ1v) is 8.70. The summed E-state index contributed by atoms with van der Waals surface area (Å²) >= 11 is 1.56. The van der Waals surface area contributed by atoms with Crippen molar-refractivity contribution in [2.24, 2.45) is 5.92 Å². The summed E-state index contributed by atoms with van der Waals surface area (Å²) in [4.78, 5) is 30.9. The minimum absolute atomic E-state index is 0.0240. The Morgan fingerprint density at radius 3 is 2.83 bits per heavy atom. The number of carbonyl (C=O) groups excluding carboxylic acids is 2. The second-order valence-corrected chi connectivity index (χ2v) is 6.90. The van der Waals surface area contributed by atoms with E-state index in [-0.39, 0.29) is 18.1 Å². The number of ether oxygens (including phenoxy) is 1. The van der Waals surface area contributed by atoms with Crippen molar-refractivity contribution in [3.05, 3.63) is 40.2 Å². The average molecular weight is 350 g/mol. The molecule has 0 aliphatic heterocycles. The number of aromatic nitrogens is 1. The van der Waals surface area contributed by atoms with Gasteiger partial charge in [0.15, 0.2) is 5.69 Å². The van der Waals surface area contributed by atoms with E-state index in [1.807, 2.05) is 17.5 Å². The lowest BCUT2D eigenvalue weighted by Gasteiger charge is -2.22. The van der Waals surface area contributed by atoms with Gasteiger partial charge in [0, 0.05) is 11.4 Å². The molecule has 2 aromatic heterocycles. The van der Waals surface area contributed by atoms with Crippen LogP contribution in [0.15, 0.2) is 28.2 Å². The van der Waals surface area contributed by atoms with Crippen molar-refractivity contribution in [3.63, 3.8) is 0 Å². The highest BCUT2D eigenvalue weighted by molar-refractivity contribution is 7.10. The summed E-state index contributed by atoms with van der Waals surface area (Å²) in [6, 6.07) is 3.88. The van der Waals surface area contributed by atoms with Gasteiger partial charge in [0.25, 0.3) is 0 Å². The predicted octanol–water partition coefficient (Wildman–Crippen LogP) is 3.14.